The number of benzene rings is 1. The molecule has 2 rings (SSSR count). The molecule has 1 fully saturated rings. The van der Waals surface area contributed by atoms with Gasteiger partial charge >= 0.3 is 0 Å². The second-order valence-electron chi connectivity index (χ2n) is 6.10. The van der Waals surface area contributed by atoms with E-state index in [0.717, 1.165) is 5.56 Å². The van der Waals surface area contributed by atoms with Crippen molar-refractivity contribution >= 4 is 11.8 Å². The monoisotopic (exact) mass is 288 g/mol. The molecule has 0 saturated carbocycles. The maximum Gasteiger partial charge on any atom is 0.229 e. The zero-order chi connectivity index (χ0) is 15.6. The number of carbonyl (C=O) groups is 2. The van der Waals surface area contributed by atoms with Crippen molar-refractivity contribution in [1.82, 2.24) is 10.2 Å². The molecule has 2 amide bonds. The van der Waals surface area contributed by atoms with Gasteiger partial charge in [-0.1, -0.05) is 25.1 Å². The van der Waals surface area contributed by atoms with Crippen LogP contribution in [0.5, 0.6) is 0 Å². The maximum atomic E-state index is 12.1. The van der Waals surface area contributed by atoms with Crippen LogP contribution in [0.2, 0.25) is 0 Å². The molecule has 1 aliphatic heterocycles. The summed E-state index contributed by atoms with van der Waals surface area (Å²) in [6.07, 6.45) is 0.935. The predicted octanol–water partition coefficient (Wildman–Crippen LogP) is 2.35. The summed E-state index contributed by atoms with van der Waals surface area (Å²) in [6.45, 7) is 6.51. The van der Waals surface area contributed by atoms with E-state index in [1.54, 1.807) is 0 Å². The van der Waals surface area contributed by atoms with Crippen LogP contribution in [0.1, 0.15) is 42.5 Å². The molecule has 1 aromatic carbocycles. The molecule has 1 saturated heterocycles. The summed E-state index contributed by atoms with van der Waals surface area (Å²) >= 11 is 0. The lowest BCUT2D eigenvalue weighted by atomic mass is 9.96. The molecule has 0 spiro atoms. The summed E-state index contributed by atoms with van der Waals surface area (Å²) in [7, 11) is 1.86. The molecular weight excluding hydrogens is 264 g/mol. The number of hydrogen-bond acceptors (Lipinski definition) is 3. The Labute approximate surface area is 126 Å². The van der Waals surface area contributed by atoms with Gasteiger partial charge in [0, 0.05) is 19.4 Å². The van der Waals surface area contributed by atoms with Crippen LogP contribution in [0.4, 0.5) is 0 Å². The molecule has 1 aromatic rings. The van der Waals surface area contributed by atoms with Crippen LogP contribution in [0, 0.1) is 19.8 Å². The molecule has 4 nitrogen and oxygen atoms in total. The summed E-state index contributed by atoms with van der Waals surface area (Å²) in [6, 6.07) is 6.24. The molecule has 21 heavy (non-hydrogen) atoms. The Balaban J connectivity index is 2.16. The van der Waals surface area contributed by atoms with E-state index in [1.807, 2.05) is 14.0 Å². The van der Waals surface area contributed by atoms with Gasteiger partial charge in [-0.05, 0) is 43.5 Å². The Morgan fingerprint density at radius 1 is 1.19 bits per heavy atom. The number of imide groups is 1. The molecule has 0 bridgehead atoms. The summed E-state index contributed by atoms with van der Waals surface area (Å²) in [5, 5.41) is 3.22. The molecule has 114 valence electrons. The topological polar surface area (TPSA) is 49.4 Å². The van der Waals surface area contributed by atoms with Gasteiger partial charge in [0.2, 0.25) is 11.8 Å². The fourth-order valence-electron chi connectivity index (χ4n) is 2.76. The third-order valence-corrected chi connectivity index (χ3v) is 4.30. The molecule has 0 radical (unpaired) electrons. The average molecular weight is 288 g/mol. The van der Waals surface area contributed by atoms with Gasteiger partial charge in [-0.25, -0.2) is 0 Å². The van der Waals surface area contributed by atoms with Crippen LogP contribution in [0.15, 0.2) is 18.2 Å². The molecule has 4 heteroatoms. The van der Waals surface area contributed by atoms with E-state index in [1.165, 1.54) is 16.0 Å². The summed E-state index contributed by atoms with van der Waals surface area (Å²) in [5.41, 5.74) is 3.57. The van der Waals surface area contributed by atoms with Crippen molar-refractivity contribution in [2.75, 3.05) is 13.6 Å². The molecule has 1 unspecified atom stereocenters. The van der Waals surface area contributed by atoms with E-state index in [9.17, 15) is 9.59 Å². The minimum absolute atomic E-state index is 0.0226. The van der Waals surface area contributed by atoms with E-state index >= 15 is 0 Å². The van der Waals surface area contributed by atoms with Crippen LogP contribution in [-0.2, 0) is 9.59 Å². The fourth-order valence-corrected chi connectivity index (χ4v) is 2.76. The average Bonchev–Trinajstić information content (AvgIpc) is 2.41. The summed E-state index contributed by atoms with van der Waals surface area (Å²) in [4.78, 5) is 25.6. The third kappa shape index (κ3) is 3.50. The Bertz CT molecular complexity index is 536. The number of piperidine rings is 1. The molecular formula is C17H24N2O2. The van der Waals surface area contributed by atoms with Gasteiger partial charge in [-0.15, -0.1) is 0 Å². The Morgan fingerprint density at radius 3 is 2.33 bits per heavy atom. The number of likely N-dealkylation sites (N-methyl/N-ethyl adjacent to an activating group) is 1. The third-order valence-electron chi connectivity index (χ3n) is 4.30. The van der Waals surface area contributed by atoms with Crippen molar-refractivity contribution in [3.63, 3.8) is 0 Å². The smallest absolute Gasteiger partial charge is 0.229 e. The highest BCUT2D eigenvalue weighted by atomic mass is 16.2. The first-order valence-electron chi connectivity index (χ1n) is 7.50. The van der Waals surface area contributed by atoms with Gasteiger partial charge in [-0.3, -0.25) is 14.5 Å². The van der Waals surface area contributed by atoms with Crippen molar-refractivity contribution in [2.24, 2.45) is 5.92 Å². The lowest BCUT2D eigenvalue weighted by molar-refractivity contribution is -0.150. The van der Waals surface area contributed by atoms with Crippen LogP contribution < -0.4 is 5.32 Å². The van der Waals surface area contributed by atoms with Crippen LogP contribution in [0.25, 0.3) is 0 Å². The molecule has 1 atom stereocenters. The summed E-state index contributed by atoms with van der Waals surface area (Å²) in [5.74, 6) is 0.0570. The van der Waals surface area contributed by atoms with E-state index in [4.69, 9.17) is 0 Å². The van der Waals surface area contributed by atoms with E-state index in [-0.39, 0.29) is 23.8 Å². The number of nitrogens with zero attached hydrogens (tertiary/aromatic N) is 1. The molecule has 1 heterocycles. The van der Waals surface area contributed by atoms with Crippen LogP contribution in [0.3, 0.4) is 0 Å². The number of nitrogens with one attached hydrogen (secondary N) is 1. The first kappa shape index (κ1) is 15.7. The first-order valence-corrected chi connectivity index (χ1v) is 7.50. The molecule has 0 aliphatic carbocycles. The Morgan fingerprint density at radius 2 is 1.81 bits per heavy atom. The lowest BCUT2D eigenvalue weighted by Crippen LogP contribution is -2.46. The van der Waals surface area contributed by atoms with Crippen molar-refractivity contribution in [2.45, 2.75) is 39.7 Å². The Hall–Kier alpha value is -1.68. The minimum Gasteiger partial charge on any atom is -0.312 e. The molecule has 0 aromatic heterocycles. The SMILES string of the molecule is CNC(CN1C(=O)CC(C)CC1=O)c1ccc(C)c(C)c1. The second kappa shape index (κ2) is 6.39. The second-order valence-corrected chi connectivity index (χ2v) is 6.10. The first-order chi connectivity index (χ1) is 9.92. The van der Waals surface area contributed by atoms with Gasteiger partial charge in [0.1, 0.15) is 0 Å². The number of amides is 2. The molecule has 1 N–H and O–H groups in total. The van der Waals surface area contributed by atoms with Crippen molar-refractivity contribution in [3.05, 3.63) is 34.9 Å². The van der Waals surface area contributed by atoms with Crippen molar-refractivity contribution < 1.29 is 9.59 Å². The standard InChI is InChI=1S/C17H24N2O2/c1-11-7-16(20)19(17(21)8-11)10-15(18-4)14-6-5-12(2)13(3)9-14/h5-6,9,11,15,18H,7-8,10H2,1-4H3. The largest absolute Gasteiger partial charge is 0.312 e. The number of hydrogen-bond donors (Lipinski definition) is 1. The van der Waals surface area contributed by atoms with E-state index in [0.29, 0.717) is 19.4 Å². The number of aryl methyl sites for hydroxylation is 2. The highest BCUT2D eigenvalue weighted by molar-refractivity contribution is 5.97. The maximum absolute atomic E-state index is 12.1. The van der Waals surface area contributed by atoms with Gasteiger partial charge < -0.3 is 5.32 Å². The highest BCUT2D eigenvalue weighted by Crippen LogP contribution is 2.23. The van der Waals surface area contributed by atoms with Gasteiger partial charge in [0.15, 0.2) is 0 Å². The Kier molecular flexibility index (Phi) is 4.78. The number of rotatable bonds is 4. The van der Waals surface area contributed by atoms with Crippen molar-refractivity contribution in [1.29, 1.82) is 0 Å². The zero-order valence-corrected chi connectivity index (χ0v) is 13.3. The number of carbonyl (C=O) groups excluding carboxylic acids is 2. The van der Waals surface area contributed by atoms with E-state index < -0.39 is 0 Å². The quantitative estimate of drug-likeness (QED) is 0.865. The fraction of sp³-hybridized carbons (Fsp3) is 0.529. The van der Waals surface area contributed by atoms with Crippen LogP contribution >= 0.6 is 0 Å². The summed E-state index contributed by atoms with van der Waals surface area (Å²) < 4.78 is 0. The number of likely N-dealkylation sites (tertiary alicyclic amines) is 1. The van der Waals surface area contributed by atoms with E-state index in [2.05, 4.69) is 37.4 Å². The minimum atomic E-state index is -0.0529. The van der Waals surface area contributed by atoms with Crippen LogP contribution in [-0.4, -0.2) is 30.3 Å². The van der Waals surface area contributed by atoms with Gasteiger partial charge in [0.25, 0.3) is 0 Å². The molecule has 1 aliphatic rings. The van der Waals surface area contributed by atoms with Gasteiger partial charge in [-0.2, -0.15) is 0 Å². The van der Waals surface area contributed by atoms with Crippen molar-refractivity contribution in [3.8, 4) is 0 Å². The van der Waals surface area contributed by atoms with Gasteiger partial charge in [0.05, 0.1) is 6.04 Å². The normalized spacial score (nSPS) is 18.2. The highest BCUT2D eigenvalue weighted by Gasteiger charge is 2.31. The lowest BCUT2D eigenvalue weighted by Gasteiger charge is -2.31. The predicted molar refractivity (Wildman–Crippen MR) is 82.8 cm³/mol. The zero-order valence-electron chi connectivity index (χ0n) is 13.3.